The van der Waals surface area contributed by atoms with Gasteiger partial charge in [-0.15, -0.1) is 0 Å². The van der Waals surface area contributed by atoms with E-state index in [9.17, 15) is 22.4 Å². The lowest BCUT2D eigenvalue weighted by atomic mass is 9.94. The average molecular weight is 500 g/mol. The predicted molar refractivity (Wildman–Crippen MR) is 117 cm³/mol. The fourth-order valence-electron chi connectivity index (χ4n) is 4.29. The summed E-state index contributed by atoms with van der Waals surface area (Å²) in [5, 5.41) is -0.795. The molecule has 2 aromatic carbocycles. The number of likely N-dealkylation sites (tertiary alicyclic amines) is 1. The van der Waals surface area contributed by atoms with Gasteiger partial charge in [0.25, 0.3) is 0 Å². The zero-order valence-electron chi connectivity index (χ0n) is 17.1. The average Bonchev–Trinajstić information content (AvgIpc) is 3.43. The van der Waals surface area contributed by atoms with Gasteiger partial charge in [0, 0.05) is 11.6 Å². The Morgan fingerprint density at radius 3 is 2.34 bits per heavy atom. The van der Waals surface area contributed by atoms with E-state index in [2.05, 4.69) is 0 Å². The van der Waals surface area contributed by atoms with Crippen LogP contribution in [-0.4, -0.2) is 50.1 Å². The quantitative estimate of drug-likeness (QED) is 0.461. The van der Waals surface area contributed by atoms with Gasteiger partial charge in [-0.05, 0) is 55.2 Å². The molecule has 1 aliphatic heterocycles. The summed E-state index contributed by atoms with van der Waals surface area (Å²) in [5.41, 5.74) is -0.0494. The number of esters is 1. The van der Waals surface area contributed by atoms with Gasteiger partial charge in [-0.25, -0.2) is 17.6 Å². The van der Waals surface area contributed by atoms with Crippen LogP contribution in [0.2, 0.25) is 10.0 Å². The second-order valence-corrected chi connectivity index (χ2v) is 11.1. The van der Waals surface area contributed by atoms with Crippen molar-refractivity contribution in [2.75, 3.05) is 13.7 Å². The Morgan fingerprint density at radius 1 is 1.12 bits per heavy atom. The van der Waals surface area contributed by atoms with Crippen molar-refractivity contribution in [2.24, 2.45) is 0 Å². The molecule has 1 amide bonds. The highest BCUT2D eigenvalue weighted by molar-refractivity contribution is 7.92. The summed E-state index contributed by atoms with van der Waals surface area (Å²) in [5.74, 6) is -1.67. The molecule has 1 heterocycles. The molecule has 6 nitrogen and oxygen atoms in total. The van der Waals surface area contributed by atoms with Crippen molar-refractivity contribution in [3.8, 4) is 0 Å². The Labute approximate surface area is 195 Å². The standard InChI is InChI=1S/C22H20Cl2FNO5S/c1-31-20(27)18-11-16(32(29,30)19-7-6-15(25)10-17(19)24)12-26(18)21(28)22(8-9-22)13-2-4-14(23)5-3-13/h2-7,10,16,18H,8-9,11-12H2,1H3/t16-,18+/m1/s1. The van der Waals surface area contributed by atoms with E-state index in [0.29, 0.717) is 17.9 Å². The number of amides is 1. The lowest BCUT2D eigenvalue weighted by Gasteiger charge is -2.27. The highest BCUT2D eigenvalue weighted by Crippen LogP contribution is 2.51. The van der Waals surface area contributed by atoms with Crippen molar-refractivity contribution < 1.29 is 27.1 Å². The number of methoxy groups -OCH3 is 1. The monoisotopic (exact) mass is 499 g/mol. The zero-order valence-corrected chi connectivity index (χ0v) is 19.4. The van der Waals surface area contributed by atoms with Gasteiger partial charge < -0.3 is 9.64 Å². The number of ether oxygens (including phenoxy) is 1. The molecule has 10 heteroatoms. The van der Waals surface area contributed by atoms with Gasteiger partial charge in [0.15, 0.2) is 9.84 Å². The highest BCUT2D eigenvalue weighted by atomic mass is 35.5. The van der Waals surface area contributed by atoms with Crippen LogP contribution >= 0.6 is 23.2 Å². The zero-order chi connectivity index (χ0) is 23.3. The lowest BCUT2D eigenvalue weighted by Crippen LogP contribution is -2.46. The van der Waals surface area contributed by atoms with Crippen molar-refractivity contribution in [1.82, 2.24) is 4.90 Å². The van der Waals surface area contributed by atoms with E-state index in [1.165, 1.54) is 12.0 Å². The van der Waals surface area contributed by atoms with Crippen molar-refractivity contribution in [1.29, 1.82) is 0 Å². The molecule has 1 saturated carbocycles. The van der Waals surface area contributed by atoms with Gasteiger partial charge >= 0.3 is 5.97 Å². The van der Waals surface area contributed by atoms with Crippen LogP contribution in [0, 0.1) is 5.82 Å². The van der Waals surface area contributed by atoms with Crippen molar-refractivity contribution >= 4 is 44.9 Å². The first-order valence-electron chi connectivity index (χ1n) is 9.94. The van der Waals surface area contributed by atoms with Crippen LogP contribution in [0.25, 0.3) is 0 Å². The van der Waals surface area contributed by atoms with E-state index in [1.54, 1.807) is 24.3 Å². The maximum Gasteiger partial charge on any atom is 0.328 e. The lowest BCUT2D eigenvalue weighted by molar-refractivity contribution is -0.151. The van der Waals surface area contributed by atoms with E-state index < -0.39 is 38.3 Å². The maximum atomic E-state index is 13.6. The Kier molecular flexibility index (Phi) is 5.98. The molecule has 0 N–H and O–H groups in total. The van der Waals surface area contributed by atoms with Crippen molar-refractivity contribution in [2.45, 2.75) is 40.9 Å². The third-order valence-electron chi connectivity index (χ3n) is 6.19. The molecule has 0 radical (unpaired) electrons. The Balaban J connectivity index is 1.67. The molecule has 32 heavy (non-hydrogen) atoms. The van der Waals surface area contributed by atoms with E-state index in [0.717, 1.165) is 23.8 Å². The maximum absolute atomic E-state index is 13.6. The molecular formula is C22H20Cl2FNO5S. The summed E-state index contributed by atoms with van der Waals surface area (Å²) in [7, 11) is -2.85. The number of rotatable bonds is 5. The molecule has 0 aromatic heterocycles. The van der Waals surface area contributed by atoms with Crippen molar-refractivity contribution in [3.63, 3.8) is 0 Å². The number of nitrogens with zero attached hydrogens (tertiary/aromatic N) is 1. The minimum atomic E-state index is -4.04. The molecule has 1 aliphatic carbocycles. The number of carbonyl (C=O) groups is 2. The minimum absolute atomic E-state index is 0.134. The molecule has 2 aliphatic rings. The predicted octanol–water partition coefficient (Wildman–Crippen LogP) is 3.78. The molecule has 0 unspecified atom stereocenters. The van der Waals surface area contributed by atoms with E-state index in [-0.39, 0.29) is 28.8 Å². The van der Waals surface area contributed by atoms with Crippen LogP contribution in [0.1, 0.15) is 24.8 Å². The number of hydrogen-bond acceptors (Lipinski definition) is 5. The Morgan fingerprint density at radius 2 is 1.78 bits per heavy atom. The third kappa shape index (κ3) is 3.89. The molecule has 2 atom stereocenters. The third-order valence-corrected chi connectivity index (χ3v) is 9.06. The van der Waals surface area contributed by atoms with Gasteiger partial charge in [-0.2, -0.15) is 0 Å². The number of benzene rings is 2. The highest BCUT2D eigenvalue weighted by Gasteiger charge is 2.57. The number of halogens is 3. The number of hydrogen-bond donors (Lipinski definition) is 0. The Hall–Kier alpha value is -2.16. The van der Waals surface area contributed by atoms with Gasteiger partial charge in [-0.1, -0.05) is 35.3 Å². The number of carbonyl (C=O) groups excluding carboxylic acids is 2. The van der Waals surface area contributed by atoms with Gasteiger partial charge in [0.1, 0.15) is 11.9 Å². The topological polar surface area (TPSA) is 80.8 Å². The summed E-state index contributed by atoms with van der Waals surface area (Å²) in [4.78, 5) is 27.1. The van der Waals surface area contributed by atoms with E-state index >= 15 is 0 Å². The Bertz CT molecular complexity index is 1180. The van der Waals surface area contributed by atoms with Crippen LogP contribution in [0.5, 0.6) is 0 Å². The fraction of sp³-hybridized carbons (Fsp3) is 0.364. The van der Waals surface area contributed by atoms with Crippen LogP contribution in [-0.2, 0) is 29.6 Å². The van der Waals surface area contributed by atoms with Crippen LogP contribution in [0.4, 0.5) is 4.39 Å². The largest absolute Gasteiger partial charge is 0.467 e. The summed E-state index contributed by atoms with van der Waals surface area (Å²) in [6.07, 6.45) is 1.03. The van der Waals surface area contributed by atoms with E-state index in [4.69, 9.17) is 27.9 Å². The summed E-state index contributed by atoms with van der Waals surface area (Å²) < 4.78 is 44.8. The minimum Gasteiger partial charge on any atom is -0.467 e. The number of sulfone groups is 1. The van der Waals surface area contributed by atoms with Crippen LogP contribution < -0.4 is 0 Å². The molecule has 170 valence electrons. The molecule has 4 rings (SSSR count). The smallest absolute Gasteiger partial charge is 0.328 e. The SMILES string of the molecule is COC(=O)[C@@H]1C[C@@H](S(=O)(=O)c2ccc(F)cc2Cl)CN1C(=O)C1(c2ccc(Cl)cc2)CC1. The first kappa shape index (κ1) is 23.0. The first-order valence-corrected chi connectivity index (χ1v) is 12.2. The summed E-state index contributed by atoms with van der Waals surface area (Å²) in [6, 6.07) is 8.90. The second kappa shape index (κ2) is 8.32. The molecule has 2 aromatic rings. The molecule has 0 spiro atoms. The van der Waals surface area contributed by atoms with Gasteiger partial charge in [-0.3, -0.25) is 4.79 Å². The molecule has 1 saturated heterocycles. The fourth-order valence-corrected chi connectivity index (χ4v) is 6.64. The molecule has 2 fully saturated rings. The molecule has 0 bridgehead atoms. The summed E-state index contributed by atoms with van der Waals surface area (Å²) >= 11 is 12.0. The van der Waals surface area contributed by atoms with Crippen molar-refractivity contribution in [3.05, 3.63) is 63.9 Å². The second-order valence-electron chi connectivity index (χ2n) is 8.06. The first-order chi connectivity index (χ1) is 15.1. The van der Waals surface area contributed by atoms with Crippen LogP contribution in [0.3, 0.4) is 0 Å². The molecular weight excluding hydrogens is 480 g/mol. The van der Waals surface area contributed by atoms with Crippen LogP contribution in [0.15, 0.2) is 47.4 Å². The van der Waals surface area contributed by atoms with Gasteiger partial charge in [0.05, 0.1) is 27.7 Å². The summed E-state index contributed by atoms with van der Waals surface area (Å²) in [6.45, 7) is -0.190. The normalized spacial score (nSPS) is 21.9. The van der Waals surface area contributed by atoms with Gasteiger partial charge in [0.2, 0.25) is 5.91 Å². The van der Waals surface area contributed by atoms with E-state index in [1.807, 2.05) is 0 Å².